The van der Waals surface area contributed by atoms with Crippen LogP contribution in [0.25, 0.3) is 0 Å². The van der Waals surface area contributed by atoms with Gasteiger partial charge in [-0.25, -0.2) is 9.18 Å². The quantitative estimate of drug-likeness (QED) is 0.682. The van der Waals surface area contributed by atoms with E-state index in [0.717, 1.165) is 32.2 Å². The maximum Gasteiger partial charge on any atom is 0.408 e. The van der Waals surface area contributed by atoms with E-state index in [2.05, 4.69) is 5.32 Å². The number of nitrogens with zero attached hydrogens (tertiary/aromatic N) is 2. The predicted octanol–water partition coefficient (Wildman–Crippen LogP) is 2.58. The molecule has 168 valence electrons. The summed E-state index contributed by atoms with van der Waals surface area (Å²) < 4.78 is 14.4. The summed E-state index contributed by atoms with van der Waals surface area (Å²) in [5, 5.41) is 24.1. The second-order valence-electron chi connectivity index (χ2n) is 9.68. The fourth-order valence-electron chi connectivity index (χ4n) is 6.33. The van der Waals surface area contributed by atoms with E-state index in [1.165, 1.54) is 11.0 Å². The zero-order valence-electron chi connectivity index (χ0n) is 17.5. The summed E-state index contributed by atoms with van der Waals surface area (Å²) in [6, 6.07) is 5.71. The molecule has 5 rings (SSSR count). The Bertz CT molecular complexity index is 878. The van der Waals surface area contributed by atoms with Crippen molar-refractivity contribution in [1.29, 1.82) is 0 Å². The first-order chi connectivity index (χ1) is 14.9. The van der Waals surface area contributed by atoms with Crippen molar-refractivity contribution >= 4 is 17.7 Å². The molecule has 4 fully saturated rings. The standard InChI is InChI=1S/C23H30FN3O4/c24-16-5-1-2-6-17(16)26-11-3-4-15(13-26)23-10-9-18(27(23)22(30)31)20(19(28)12-23)25-21(29)14-7-8-14/h1-2,5-6,14-15,18-20,28H,3-4,7-13H2,(H,25,29)(H,30,31). The van der Waals surface area contributed by atoms with Crippen molar-refractivity contribution in [2.24, 2.45) is 11.8 Å². The van der Waals surface area contributed by atoms with Gasteiger partial charge >= 0.3 is 6.09 Å². The molecule has 3 heterocycles. The summed E-state index contributed by atoms with van der Waals surface area (Å²) in [4.78, 5) is 28.3. The lowest BCUT2D eigenvalue weighted by Gasteiger charge is -2.54. The van der Waals surface area contributed by atoms with Crippen molar-refractivity contribution in [2.75, 3.05) is 18.0 Å². The molecule has 7 nitrogen and oxygen atoms in total. The molecular formula is C23H30FN3O4. The molecule has 1 saturated carbocycles. The second kappa shape index (κ2) is 7.65. The molecule has 3 aliphatic heterocycles. The molecular weight excluding hydrogens is 401 g/mol. The molecule has 2 bridgehead atoms. The van der Waals surface area contributed by atoms with Gasteiger partial charge in [-0.2, -0.15) is 0 Å². The normalized spacial score (nSPS) is 35.2. The molecule has 1 aromatic rings. The third kappa shape index (κ3) is 3.45. The number of carboxylic acid groups (broad SMARTS) is 1. The van der Waals surface area contributed by atoms with Gasteiger partial charge in [0.25, 0.3) is 0 Å². The minimum atomic E-state index is -0.997. The van der Waals surface area contributed by atoms with Crippen LogP contribution in [-0.4, -0.2) is 63.9 Å². The first-order valence-corrected chi connectivity index (χ1v) is 11.4. The molecule has 1 aromatic carbocycles. The number of hydrogen-bond acceptors (Lipinski definition) is 4. The van der Waals surface area contributed by atoms with Gasteiger partial charge < -0.3 is 20.4 Å². The van der Waals surface area contributed by atoms with Crippen LogP contribution in [0.1, 0.15) is 44.9 Å². The monoisotopic (exact) mass is 431 g/mol. The summed E-state index contributed by atoms with van der Waals surface area (Å²) in [6.07, 6.45) is 3.21. The third-order valence-electron chi connectivity index (χ3n) is 7.91. The summed E-state index contributed by atoms with van der Waals surface area (Å²) in [5.74, 6) is -0.341. The van der Waals surface area contributed by atoms with Crippen LogP contribution in [0.4, 0.5) is 14.9 Å². The molecule has 5 unspecified atom stereocenters. The third-order valence-corrected chi connectivity index (χ3v) is 7.91. The number of piperidine rings is 2. The fourth-order valence-corrected chi connectivity index (χ4v) is 6.33. The van der Waals surface area contributed by atoms with Crippen molar-refractivity contribution in [3.05, 3.63) is 30.1 Å². The van der Waals surface area contributed by atoms with Crippen LogP contribution in [0.15, 0.2) is 24.3 Å². The molecule has 3 saturated heterocycles. The average molecular weight is 432 g/mol. The van der Waals surface area contributed by atoms with Gasteiger partial charge in [0.1, 0.15) is 5.82 Å². The highest BCUT2D eigenvalue weighted by atomic mass is 19.1. The van der Waals surface area contributed by atoms with Gasteiger partial charge in [0, 0.05) is 24.9 Å². The molecule has 1 aliphatic carbocycles. The SMILES string of the molecule is O=C(NC1C(O)CC2(C3CCCN(c4ccccc4F)C3)CCC1N2C(=O)O)C1CC1. The van der Waals surface area contributed by atoms with Crippen LogP contribution >= 0.6 is 0 Å². The molecule has 8 heteroatoms. The summed E-state index contributed by atoms with van der Waals surface area (Å²) in [5.41, 5.74) is -0.133. The van der Waals surface area contributed by atoms with Crippen LogP contribution in [0.5, 0.6) is 0 Å². The highest BCUT2D eigenvalue weighted by Gasteiger charge is 2.61. The number of carbonyl (C=O) groups is 2. The Balaban J connectivity index is 1.41. The van der Waals surface area contributed by atoms with Gasteiger partial charge in [0.05, 0.1) is 29.4 Å². The van der Waals surface area contributed by atoms with Gasteiger partial charge in [0.15, 0.2) is 0 Å². The van der Waals surface area contributed by atoms with Crippen LogP contribution in [0, 0.1) is 17.7 Å². The Morgan fingerprint density at radius 3 is 2.65 bits per heavy atom. The zero-order chi connectivity index (χ0) is 21.8. The van der Waals surface area contributed by atoms with Gasteiger partial charge in [-0.1, -0.05) is 12.1 Å². The number of rotatable bonds is 4. The summed E-state index contributed by atoms with van der Waals surface area (Å²) >= 11 is 0. The first kappa shape index (κ1) is 20.5. The molecule has 2 amide bonds. The Morgan fingerprint density at radius 2 is 1.94 bits per heavy atom. The van der Waals surface area contributed by atoms with E-state index in [0.29, 0.717) is 31.5 Å². The molecule has 0 spiro atoms. The van der Waals surface area contributed by atoms with E-state index in [1.807, 2.05) is 11.0 Å². The van der Waals surface area contributed by atoms with E-state index in [9.17, 15) is 24.2 Å². The number of hydrogen-bond donors (Lipinski definition) is 3. The van der Waals surface area contributed by atoms with Gasteiger partial charge in [0.2, 0.25) is 5.91 Å². The molecule has 0 aromatic heterocycles. The number of benzene rings is 1. The maximum absolute atomic E-state index is 14.4. The minimum absolute atomic E-state index is 0.00307. The van der Waals surface area contributed by atoms with Crippen LogP contribution in [0.2, 0.25) is 0 Å². The summed E-state index contributed by atoms with van der Waals surface area (Å²) in [6.45, 7) is 1.29. The van der Waals surface area contributed by atoms with Crippen molar-refractivity contribution in [3.8, 4) is 0 Å². The first-order valence-electron chi connectivity index (χ1n) is 11.4. The Hall–Kier alpha value is -2.35. The number of aliphatic hydroxyl groups is 1. The van der Waals surface area contributed by atoms with E-state index in [-0.39, 0.29) is 23.6 Å². The topological polar surface area (TPSA) is 93.1 Å². The lowest BCUT2D eigenvalue weighted by molar-refractivity contribution is -0.127. The van der Waals surface area contributed by atoms with Crippen LogP contribution < -0.4 is 10.2 Å². The van der Waals surface area contributed by atoms with Crippen molar-refractivity contribution in [1.82, 2.24) is 10.2 Å². The highest BCUT2D eigenvalue weighted by Crippen LogP contribution is 2.51. The van der Waals surface area contributed by atoms with E-state index in [4.69, 9.17) is 0 Å². The number of halogens is 1. The van der Waals surface area contributed by atoms with Crippen molar-refractivity contribution < 1.29 is 24.2 Å². The number of para-hydroxylation sites is 1. The second-order valence-corrected chi connectivity index (χ2v) is 9.68. The fraction of sp³-hybridized carbons (Fsp3) is 0.652. The summed E-state index contributed by atoms with van der Waals surface area (Å²) in [7, 11) is 0. The molecule has 3 N–H and O–H groups in total. The largest absolute Gasteiger partial charge is 0.465 e. The number of fused-ring (bicyclic) bond motifs is 2. The minimum Gasteiger partial charge on any atom is -0.465 e. The highest BCUT2D eigenvalue weighted by molar-refractivity contribution is 5.81. The van der Waals surface area contributed by atoms with Gasteiger partial charge in [-0.15, -0.1) is 0 Å². The molecule has 5 atom stereocenters. The number of nitrogens with one attached hydrogen (secondary N) is 1. The van der Waals surface area contributed by atoms with E-state index < -0.39 is 29.8 Å². The average Bonchev–Trinajstić information content (AvgIpc) is 3.55. The predicted molar refractivity (Wildman–Crippen MR) is 112 cm³/mol. The number of amides is 2. The van der Waals surface area contributed by atoms with E-state index >= 15 is 0 Å². The lowest BCUT2D eigenvalue weighted by Crippen LogP contribution is -2.69. The Kier molecular flexibility index (Phi) is 5.07. The van der Waals surface area contributed by atoms with Gasteiger partial charge in [-0.3, -0.25) is 9.69 Å². The van der Waals surface area contributed by atoms with Crippen molar-refractivity contribution in [3.63, 3.8) is 0 Å². The molecule has 4 aliphatic rings. The number of anilines is 1. The van der Waals surface area contributed by atoms with E-state index in [1.54, 1.807) is 12.1 Å². The molecule has 0 radical (unpaired) electrons. The van der Waals surface area contributed by atoms with Crippen molar-refractivity contribution in [2.45, 2.75) is 68.7 Å². The Morgan fingerprint density at radius 1 is 1.16 bits per heavy atom. The number of aliphatic hydroxyl groups excluding tert-OH is 1. The number of carbonyl (C=O) groups excluding carboxylic acids is 1. The van der Waals surface area contributed by atoms with Crippen LogP contribution in [-0.2, 0) is 4.79 Å². The van der Waals surface area contributed by atoms with Gasteiger partial charge in [-0.05, 0) is 57.1 Å². The smallest absolute Gasteiger partial charge is 0.408 e. The maximum atomic E-state index is 14.4. The lowest BCUT2D eigenvalue weighted by atomic mass is 9.71. The molecule has 31 heavy (non-hydrogen) atoms. The van der Waals surface area contributed by atoms with Crippen LogP contribution in [0.3, 0.4) is 0 Å². The zero-order valence-corrected chi connectivity index (χ0v) is 17.5. The Labute approximate surface area is 181 Å².